The number of rotatable bonds is 9. The molecular formula is C12H28N2O3S. The zero-order valence-corrected chi connectivity index (χ0v) is 13.3. The van der Waals surface area contributed by atoms with Crippen molar-refractivity contribution in [1.29, 1.82) is 0 Å². The van der Waals surface area contributed by atoms with Gasteiger partial charge in [0.15, 0.2) is 0 Å². The number of nitrogens with one attached hydrogen (secondary N) is 1. The molecule has 0 bridgehead atoms. The monoisotopic (exact) mass is 280 g/mol. The van der Waals surface area contributed by atoms with Crippen molar-refractivity contribution in [2.75, 3.05) is 40.1 Å². The molecule has 0 rings (SSSR count). The summed E-state index contributed by atoms with van der Waals surface area (Å²) >= 11 is 0. The fourth-order valence-corrected chi connectivity index (χ4v) is 3.31. The highest BCUT2D eigenvalue weighted by Gasteiger charge is 2.29. The lowest BCUT2D eigenvalue weighted by atomic mass is 9.85. The molecule has 0 radical (unpaired) electrons. The third-order valence-corrected chi connectivity index (χ3v) is 4.55. The SMILES string of the molecule is COCCCS(=O)(=O)N[C@H](C)C(C)(C)CN(C)C. The van der Waals surface area contributed by atoms with E-state index >= 15 is 0 Å². The van der Waals surface area contributed by atoms with Crippen LogP contribution in [0.15, 0.2) is 0 Å². The highest BCUT2D eigenvalue weighted by Crippen LogP contribution is 2.21. The molecule has 0 aromatic rings. The number of sulfonamides is 1. The van der Waals surface area contributed by atoms with Gasteiger partial charge in [0.1, 0.15) is 0 Å². The van der Waals surface area contributed by atoms with Crippen molar-refractivity contribution in [1.82, 2.24) is 9.62 Å². The van der Waals surface area contributed by atoms with Crippen LogP contribution in [0.1, 0.15) is 27.2 Å². The van der Waals surface area contributed by atoms with E-state index in [0.717, 1.165) is 6.54 Å². The smallest absolute Gasteiger partial charge is 0.211 e. The second kappa shape index (κ2) is 7.43. The molecule has 0 saturated heterocycles. The summed E-state index contributed by atoms with van der Waals surface area (Å²) in [5.74, 6) is 0.114. The van der Waals surface area contributed by atoms with Crippen molar-refractivity contribution in [2.45, 2.75) is 33.2 Å². The zero-order chi connectivity index (χ0) is 14.4. The topological polar surface area (TPSA) is 58.6 Å². The lowest BCUT2D eigenvalue weighted by Gasteiger charge is -2.34. The molecule has 5 nitrogen and oxygen atoms in total. The lowest BCUT2D eigenvalue weighted by Crippen LogP contribution is -2.47. The van der Waals surface area contributed by atoms with Crippen LogP contribution in [0.5, 0.6) is 0 Å². The average molecular weight is 280 g/mol. The summed E-state index contributed by atoms with van der Waals surface area (Å²) in [5.41, 5.74) is -0.113. The quantitative estimate of drug-likeness (QED) is 0.638. The van der Waals surface area contributed by atoms with E-state index in [1.807, 2.05) is 21.0 Å². The first-order chi connectivity index (χ1) is 8.10. The molecule has 0 heterocycles. The zero-order valence-electron chi connectivity index (χ0n) is 12.5. The molecule has 0 saturated carbocycles. The van der Waals surface area contributed by atoms with E-state index in [2.05, 4.69) is 23.5 Å². The van der Waals surface area contributed by atoms with E-state index in [-0.39, 0.29) is 17.2 Å². The highest BCUT2D eigenvalue weighted by atomic mass is 32.2. The van der Waals surface area contributed by atoms with Gasteiger partial charge in [-0.05, 0) is 32.9 Å². The van der Waals surface area contributed by atoms with E-state index in [1.165, 1.54) is 0 Å². The van der Waals surface area contributed by atoms with Crippen molar-refractivity contribution in [3.63, 3.8) is 0 Å². The first-order valence-electron chi connectivity index (χ1n) is 6.24. The predicted octanol–water partition coefficient (Wildman–Crippen LogP) is 0.919. The Kier molecular flexibility index (Phi) is 7.36. The van der Waals surface area contributed by atoms with Gasteiger partial charge in [-0.3, -0.25) is 0 Å². The minimum atomic E-state index is -3.22. The molecule has 0 aliphatic carbocycles. The van der Waals surface area contributed by atoms with Crippen LogP contribution in [-0.4, -0.2) is 59.5 Å². The molecule has 110 valence electrons. The highest BCUT2D eigenvalue weighted by molar-refractivity contribution is 7.89. The van der Waals surface area contributed by atoms with Gasteiger partial charge >= 0.3 is 0 Å². The van der Waals surface area contributed by atoms with Gasteiger partial charge in [0.25, 0.3) is 0 Å². The van der Waals surface area contributed by atoms with Gasteiger partial charge < -0.3 is 9.64 Å². The Bertz CT molecular complexity index is 326. The summed E-state index contributed by atoms with van der Waals surface area (Å²) < 4.78 is 31.3. The van der Waals surface area contributed by atoms with Crippen LogP contribution in [0.25, 0.3) is 0 Å². The van der Waals surface area contributed by atoms with Crippen molar-refractivity contribution in [2.24, 2.45) is 5.41 Å². The van der Waals surface area contributed by atoms with Gasteiger partial charge in [-0.15, -0.1) is 0 Å². The van der Waals surface area contributed by atoms with E-state index in [0.29, 0.717) is 13.0 Å². The number of hydrogen-bond donors (Lipinski definition) is 1. The fraction of sp³-hybridized carbons (Fsp3) is 1.00. The summed E-state index contributed by atoms with van der Waals surface area (Å²) in [6, 6.07) is -0.104. The summed E-state index contributed by atoms with van der Waals surface area (Å²) in [7, 11) is 2.33. The predicted molar refractivity (Wildman–Crippen MR) is 75.2 cm³/mol. The summed E-state index contributed by atoms with van der Waals surface area (Å²) in [5, 5.41) is 0. The molecule has 0 aliphatic heterocycles. The summed E-state index contributed by atoms with van der Waals surface area (Å²) in [6.07, 6.45) is 0.520. The molecule has 0 aromatic heterocycles. The first-order valence-corrected chi connectivity index (χ1v) is 7.89. The van der Waals surface area contributed by atoms with Crippen molar-refractivity contribution in [3.8, 4) is 0 Å². The number of nitrogens with zero attached hydrogens (tertiary/aromatic N) is 1. The number of methoxy groups -OCH3 is 1. The molecule has 0 unspecified atom stereocenters. The maximum absolute atomic E-state index is 11.9. The standard InChI is InChI=1S/C12H28N2O3S/c1-11(12(2,3)10-14(4)5)13-18(15,16)9-7-8-17-6/h11,13H,7-10H2,1-6H3/t11-/m1/s1. The Morgan fingerprint density at radius 2 is 1.89 bits per heavy atom. The van der Waals surface area contributed by atoms with Crippen molar-refractivity contribution < 1.29 is 13.2 Å². The Hall–Kier alpha value is -0.170. The van der Waals surface area contributed by atoms with Gasteiger partial charge in [0, 0.05) is 26.3 Å². The third-order valence-electron chi connectivity index (χ3n) is 3.01. The first kappa shape index (κ1) is 17.8. The van der Waals surface area contributed by atoms with Gasteiger partial charge in [0.2, 0.25) is 10.0 Å². The molecular weight excluding hydrogens is 252 g/mol. The molecule has 0 spiro atoms. The maximum atomic E-state index is 11.9. The van der Waals surface area contributed by atoms with E-state index < -0.39 is 10.0 Å². The van der Waals surface area contributed by atoms with Crippen LogP contribution in [0.3, 0.4) is 0 Å². The molecule has 0 amide bonds. The van der Waals surface area contributed by atoms with Crippen LogP contribution in [-0.2, 0) is 14.8 Å². The Labute approximate surface area is 112 Å². The number of ether oxygens (including phenoxy) is 1. The van der Waals surface area contributed by atoms with Gasteiger partial charge in [-0.25, -0.2) is 13.1 Å². The second-order valence-corrected chi connectivity index (χ2v) is 7.60. The second-order valence-electron chi connectivity index (χ2n) is 5.73. The molecule has 0 aromatic carbocycles. The van der Waals surface area contributed by atoms with Crippen LogP contribution < -0.4 is 4.72 Å². The summed E-state index contributed by atoms with van der Waals surface area (Å²) in [6.45, 7) is 7.34. The van der Waals surface area contributed by atoms with E-state index in [4.69, 9.17) is 4.74 Å². The Morgan fingerprint density at radius 1 is 1.33 bits per heavy atom. The minimum Gasteiger partial charge on any atom is -0.385 e. The molecule has 1 N–H and O–H groups in total. The normalized spacial score (nSPS) is 15.1. The molecule has 1 atom stereocenters. The van der Waals surface area contributed by atoms with Gasteiger partial charge in [-0.2, -0.15) is 0 Å². The average Bonchev–Trinajstić information content (AvgIpc) is 2.14. The van der Waals surface area contributed by atoms with Crippen molar-refractivity contribution >= 4 is 10.0 Å². The molecule has 6 heteroatoms. The molecule has 0 aliphatic rings. The number of hydrogen-bond acceptors (Lipinski definition) is 4. The van der Waals surface area contributed by atoms with Crippen LogP contribution in [0.4, 0.5) is 0 Å². The summed E-state index contributed by atoms with van der Waals surface area (Å²) in [4.78, 5) is 2.07. The van der Waals surface area contributed by atoms with E-state index in [1.54, 1.807) is 7.11 Å². The van der Waals surface area contributed by atoms with Gasteiger partial charge in [-0.1, -0.05) is 13.8 Å². The largest absolute Gasteiger partial charge is 0.385 e. The molecule has 0 fully saturated rings. The Morgan fingerprint density at radius 3 is 2.33 bits per heavy atom. The van der Waals surface area contributed by atoms with Crippen molar-refractivity contribution in [3.05, 3.63) is 0 Å². The fourth-order valence-electron chi connectivity index (χ4n) is 1.83. The van der Waals surface area contributed by atoms with Crippen LogP contribution in [0, 0.1) is 5.41 Å². The van der Waals surface area contributed by atoms with Crippen LogP contribution >= 0.6 is 0 Å². The molecule has 18 heavy (non-hydrogen) atoms. The lowest BCUT2D eigenvalue weighted by molar-refractivity contribution is 0.195. The third kappa shape index (κ3) is 7.31. The van der Waals surface area contributed by atoms with Crippen LogP contribution in [0.2, 0.25) is 0 Å². The Balaban J connectivity index is 4.40. The van der Waals surface area contributed by atoms with E-state index in [9.17, 15) is 8.42 Å². The van der Waals surface area contributed by atoms with Gasteiger partial charge in [0.05, 0.1) is 5.75 Å². The maximum Gasteiger partial charge on any atom is 0.211 e. The minimum absolute atomic E-state index is 0.104.